The number of hydrogen-bond acceptors (Lipinski definition) is 3. The normalized spacial score (nSPS) is 23.9. The van der Waals surface area contributed by atoms with Gasteiger partial charge < -0.3 is 10.1 Å². The van der Waals surface area contributed by atoms with Crippen molar-refractivity contribution in [3.05, 3.63) is 23.8 Å². The predicted molar refractivity (Wildman–Crippen MR) is 78.7 cm³/mol. The van der Waals surface area contributed by atoms with E-state index >= 15 is 0 Å². The molecular formula is C15H23NOS. The molecular weight excluding hydrogens is 242 g/mol. The quantitative estimate of drug-likeness (QED) is 0.898. The summed E-state index contributed by atoms with van der Waals surface area (Å²) >= 11 is 1.99. The molecule has 0 amide bonds. The summed E-state index contributed by atoms with van der Waals surface area (Å²) in [4.78, 5) is 1.30. The minimum absolute atomic E-state index is 0.723. The summed E-state index contributed by atoms with van der Waals surface area (Å²) in [5.74, 6) is 1.02. The standard InChI is InChI=1S/C15H23NOS/c1-11-4-9-14(17-3)15(10-11)18-13-7-5-12(16-2)6-8-13/h4,9-10,12-13,16H,5-8H2,1-3H3. The zero-order valence-corrected chi connectivity index (χ0v) is 12.3. The zero-order valence-electron chi connectivity index (χ0n) is 11.5. The molecule has 100 valence electrons. The fraction of sp³-hybridized carbons (Fsp3) is 0.600. The lowest BCUT2D eigenvalue weighted by molar-refractivity contribution is 0.397. The number of ether oxygens (including phenoxy) is 1. The molecule has 1 aliphatic rings. The molecule has 1 aromatic carbocycles. The van der Waals surface area contributed by atoms with Gasteiger partial charge in [-0.05, 0) is 57.4 Å². The Kier molecular flexibility index (Phi) is 4.95. The van der Waals surface area contributed by atoms with E-state index in [1.807, 2.05) is 11.8 Å². The van der Waals surface area contributed by atoms with Crippen LogP contribution in [0, 0.1) is 6.92 Å². The summed E-state index contributed by atoms with van der Waals surface area (Å²) < 4.78 is 5.45. The van der Waals surface area contributed by atoms with E-state index in [0.717, 1.165) is 17.0 Å². The van der Waals surface area contributed by atoms with Crippen LogP contribution in [0.25, 0.3) is 0 Å². The number of thioether (sulfide) groups is 1. The van der Waals surface area contributed by atoms with Crippen LogP contribution in [0.3, 0.4) is 0 Å². The molecule has 0 saturated heterocycles. The summed E-state index contributed by atoms with van der Waals surface area (Å²) in [7, 11) is 3.83. The minimum atomic E-state index is 0.723. The third-order valence-electron chi connectivity index (χ3n) is 3.70. The maximum Gasteiger partial charge on any atom is 0.132 e. The van der Waals surface area contributed by atoms with E-state index in [1.54, 1.807) is 7.11 Å². The minimum Gasteiger partial charge on any atom is -0.496 e. The van der Waals surface area contributed by atoms with Crippen LogP contribution in [0.15, 0.2) is 23.1 Å². The molecule has 2 nitrogen and oxygen atoms in total. The second-order valence-corrected chi connectivity index (χ2v) is 6.38. The summed E-state index contributed by atoms with van der Waals surface area (Å²) in [6.07, 6.45) is 5.19. The first-order chi connectivity index (χ1) is 8.72. The van der Waals surface area contributed by atoms with Crippen LogP contribution < -0.4 is 10.1 Å². The van der Waals surface area contributed by atoms with Crippen molar-refractivity contribution >= 4 is 11.8 Å². The van der Waals surface area contributed by atoms with E-state index in [-0.39, 0.29) is 0 Å². The lowest BCUT2D eigenvalue weighted by Crippen LogP contribution is -2.30. The fourth-order valence-corrected chi connectivity index (χ4v) is 3.91. The number of rotatable bonds is 4. The van der Waals surface area contributed by atoms with Gasteiger partial charge >= 0.3 is 0 Å². The van der Waals surface area contributed by atoms with Gasteiger partial charge in [0.15, 0.2) is 0 Å². The Bertz CT molecular complexity index is 386. The maximum atomic E-state index is 5.45. The van der Waals surface area contributed by atoms with E-state index in [0.29, 0.717) is 0 Å². The van der Waals surface area contributed by atoms with Gasteiger partial charge in [-0.15, -0.1) is 11.8 Å². The van der Waals surface area contributed by atoms with Crippen molar-refractivity contribution < 1.29 is 4.74 Å². The number of benzene rings is 1. The van der Waals surface area contributed by atoms with Crippen molar-refractivity contribution in [3.8, 4) is 5.75 Å². The predicted octanol–water partition coefficient (Wildman–Crippen LogP) is 3.63. The van der Waals surface area contributed by atoms with Crippen LogP contribution >= 0.6 is 11.8 Å². The fourth-order valence-electron chi connectivity index (χ4n) is 2.52. The van der Waals surface area contributed by atoms with Crippen molar-refractivity contribution in [2.24, 2.45) is 0 Å². The second kappa shape index (κ2) is 6.48. The molecule has 0 radical (unpaired) electrons. The van der Waals surface area contributed by atoms with Gasteiger partial charge in [-0.25, -0.2) is 0 Å². The molecule has 3 heteroatoms. The highest BCUT2D eigenvalue weighted by Gasteiger charge is 2.21. The SMILES string of the molecule is CNC1CCC(Sc2cc(C)ccc2OC)CC1. The Balaban J connectivity index is 1.99. The van der Waals surface area contributed by atoms with Gasteiger partial charge in [0.1, 0.15) is 5.75 Å². The van der Waals surface area contributed by atoms with Crippen molar-refractivity contribution in [1.82, 2.24) is 5.32 Å². The van der Waals surface area contributed by atoms with Gasteiger partial charge in [-0.1, -0.05) is 6.07 Å². The molecule has 1 aromatic rings. The molecule has 18 heavy (non-hydrogen) atoms. The Morgan fingerprint density at radius 3 is 2.56 bits per heavy atom. The molecule has 1 fully saturated rings. The molecule has 0 bridgehead atoms. The van der Waals surface area contributed by atoms with E-state index in [1.165, 1.54) is 36.1 Å². The Labute approximate surface area is 114 Å². The highest BCUT2D eigenvalue weighted by atomic mass is 32.2. The van der Waals surface area contributed by atoms with Gasteiger partial charge in [0.2, 0.25) is 0 Å². The lowest BCUT2D eigenvalue weighted by atomic mass is 9.95. The van der Waals surface area contributed by atoms with Crippen LogP contribution in [0.4, 0.5) is 0 Å². The molecule has 1 saturated carbocycles. The monoisotopic (exact) mass is 265 g/mol. The van der Waals surface area contributed by atoms with Gasteiger partial charge in [-0.2, -0.15) is 0 Å². The third kappa shape index (κ3) is 3.42. The van der Waals surface area contributed by atoms with Gasteiger partial charge in [-0.3, -0.25) is 0 Å². The second-order valence-electron chi connectivity index (χ2n) is 5.03. The number of methoxy groups -OCH3 is 1. The Morgan fingerprint density at radius 2 is 1.94 bits per heavy atom. The van der Waals surface area contributed by atoms with E-state index < -0.39 is 0 Å². The highest BCUT2D eigenvalue weighted by Crippen LogP contribution is 2.38. The number of nitrogens with one attached hydrogen (secondary N) is 1. The molecule has 0 heterocycles. The summed E-state index contributed by atoms with van der Waals surface area (Å²) in [5.41, 5.74) is 1.31. The molecule has 0 aromatic heterocycles. The van der Waals surface area contributed by atoms with Crippen LogP contribution in [-0.4, -0.2) is 25.4 Å². The first-order valence-electron chi connectivity index (χ1n) is 6.71. The van der Waals surface area contributed by atoms with Crippen molar-refractivity contribution in [1.29, 1.82) is 0 Å². The van der Waals surface area contributed by atoms with Crippen molar-refractivity contribution in [2.45, 2.75) is 48.8 Å². The average Bonchev–Trinajstić information content (AvgIpc) is 2.40. The Hall–Kier alpha value is -0.670. The topological polar surface area (TPSA) is 21.3 Å². The molecule has 0 spiro atoms. The molecule has 1 aliphatic carbocycles. The largest absolute Gasteiger partial charge is 0.496 e. The lowest BCUT2D eigenvalue weighted by Gasteiger charge is -2.28. The number of aryl methyl sites for hydroxylation is 1. The van der Waals surface area contributed by atoms with Crippen LogP contribution in [-0.2, 0) is 0 Å². The molecule has 1 N–H and O–H groups in total. The van der Waals surface area contributed by atoms with E-state index in [4.69, 9.17) is 4.74 Å². The number of hydrogen-bond donors (Lipinski definition) is 1. The van der Waals surface area contributed by atoms with Gasteiger partial charge in [0.25, 0.3) is 0 Å². The van der Waals surface area contributed by atoms with E-state index in [9.17, 15) is 0 Å². The smallest absolute Gasteiger partial charge is 0.132 e. The summed E-state index contributed by atoms with van der Waals surface area (Å²) in [6, 6.07) is 7.16. The first kappa shape index (κ1) is 13.8. The molecule has 0 aliphatic heterocycles. The van der Waals surface area contributed by atoms with Crippen molar-refractivity contribution in [2.75, 3.05) is 14.2 Å². The molecule has 0 atom stereocenters. The summed E-state index contributed by atoms with van der Waals surface area (Å²) in [6.45, 7) is 2.14. The molecule has 2 rings (SSSR count). The first-order valence-corrected chi connectivity index (χ1v) is 7.59. The Morgan fingerprint density at radius 1 is 1.22 bits per heavy atom. The zero-order chi connectivity index (χ0) is 13.0. The average molecular weight is 265 g/mol. The highest BCUT2D eigenvalue weighted by molar-refractivity contribution is 8.00. The van der Waals surface area contributed by atoms with Crippen LogP contribution in [0.1, 0.15) is 31.2 Å². The van der Waals surface area contributed by atoms with Crippen LogP contribution in [0.2, 0.25) is 0 Å². The van der Waals surface area contributed by atoms with Gasteiger partial charge in [0, 0.05) is 16.2 Å². The maximum absolute atomic E-state index is 5.45. The summed E-state index contributed by atoms with van der Waals surface area (Å²) in [5, 5.41) is 4.13. The van der Waals surface area contributed by atoms with E-state index in [2.05, 4.69) is 37.5 Å². The van der Waals surface area contributed by atoms with Gasteiger partial charge in [0.05, 0.1) is 7.11 Å². The van der Waals surface area contributed by atoms with Crippen LogP contribution in [0.5, 0.6) is 5.75 Å². The third-order valence-corrected chi connectivity index (χ3v) is 5.07. The van der Waals surface area contributed by atoms with Crippen molar-refractivity contribution in [3.63, 3.8) is 0 Å². The molecule has 0 unspecified atom stereocenters.